The van der Waals surface area contributed by atoms with Gasteiger partial charge in [0.1, 0.15) is 0 Å². The van der Waals surface area contributed by atoms with Crippen LogP contribution >= 0.6 is 11.6 Å². The van der Waals surface area contributed by atoms with Crippen LogP contribution in [0.15, 0.2) is 18.2 Å². The highest BCUT2D eigenvalue weighted by Gasteiger charge is 2.13. The van der Waals surface area contributed by atoms with Gasteiger partial charge in [-0.15, -0.1) is 0 Å². The fraction of sp³-hybridized carbons (Fsp3) is 0.273. The molecule has 0 radical (unpaired) electrons. The van der Waals surface area contributed by atoms with Crippen molar-refractivity contribution < 1.29 is 5.11 Å². The Morgan fingerprint density at radius 2 is 2.14 bits per heavy atom. The van der Waals surface area contributed by atoms with Crippen LogP contribution in [0.1, 0.15) is 11.3 Å². The van der Waals surface area contributed by atoms with Crippen LogP contribution in [0, 0.1) is 6.92 Å². The van der Waals surface area contributed by atoms with E-state index in [0.29, 0.717) is 5.02 Å². The Balaban J connectivity index is 2.94. The van der Waals surface area contributed by atoms with Crippen molar-refractivity contribution in [3.8, 4) is 0 Å². The highest BCUT2D eigenvalue weighted by Crippen LogP contribution is 2.32. The summed E-state index contributed by atoms with van der Waals surface area (Å²) in [6.07, 6.45) is 0. The summed E-state index contributed by atoms with van der Waals surface area (Å²) in [5, 5.41) is 10.9. The summed E-state index contributed by atoms with van der Waals surface area (Å²) >= 11 is 6.19. The number of fused-ring (bicyclic) bond motifs is 1. The fourth-order valence-corrected chi connectivity index (χ4v) is 2.26. The van der Waals surface area contributed by atoms with Crippen LogP contribution in [-0.2, 0) is 13.7 Å². The minimum absolute atomic E-state index is 0.0244. The molecule has 1 aromatic heterocycles. The smallest absolute Gasteiger partial charge is 0.0848 e. The van der Waals surface area contributed by atoms with E-state index in [9.17, 15) is 5.11 Å². The average molecular weight is 210 g/mol. The van der Waals surface area contributed by atoms with Crippen molar-refractivity contribution >= 4 is 22.5 Å². The van der Waals surface area contributed by atoms with Gasteiger partial charge in [0.2, 0.25) is 0 Å². The maximum Gasteiger partial charge on any atom is 0.0848 e. The Morgan fingerprint density at radius 3 is 2.71 bits per heavy atom. The Bertz CT molecular complexity index is 487. The predicted octanol–water partition coefficient (Wildman–Crippen LogP) is 2.63. The lowest BCUT2D eigenvalue weighted by Gasteiger charge is -1.99. The molecular formula is C11H12ClNO. The van der Waals surface area contributed by atoms with Gasteiger partial charge in [-0.1, -0.05) is 23.7 Å². The molecule has 3 heteroatoms. The fourth-order valence-electron chi connectivity index (χ4n) is 1.83. The van der Waals surface area contributed by atoms with E-state index in [-0.39, 0.29) is 6.61 Å². The van der Waals surface area contributed by atoms with E-state index in [2.05, 4.69) is 0 Å². The summed E-state index contributed by atoms with van der Waals surface area (Å²) in [6, 6.07) is 6.03. The number of nitrogens with zero attached hydrogens (tertiary/aromatic N) is 1. The first-order valence-electron chi connectivity index (χ1n) is 4.50. The van der Waals surface area contributed by atoms with E-state index in [4.69, 9.17) is 11.6 Å². The SMILES string of the molecule is Cc1cccc2c1c(Cl)c(CO)n2C. The molecule has 1 aromatic carbocycles. The molecule has 0 aliphatic heterocycles. The zero-order chi connectivity index (χ0) is 10.3. The molecule has 0 amide bonds. The first-order valence-corrected chi connectivity index (χ1v) is 4.88. The molecule has 2 aromatic rings. The maximum atomic E-state index is 9.19. The summed E-state index contributed by atoms with van der Waals surface area (Å²) in [5.74, 6) is 0. The van der Waals surface area contributed by atoms with Crippen molar-refractivity contribution in [2.75, 3.05) is 0 Å². The molecular weight excluding hydrogens is 198 g/mol. The molecule has 1 N–H and O–H groups in total. The van der Waals surface area contributed by atoms with Gasteiger partial charge in [-0.2, -0.15) is 0 Å². The number of hydrogen-bond acceptors (Lipinski definition) is 1. The first-order chi connectivity index (χ1) is 6.66. The van der Waals surface area contributed by atoms with Crippen molar-refractivity contribution in [3.63, 3.8) is 0 Å². The molecule has 0 aliphatic rings. The lowest BCUT2D eigenvalue weighted by Crippen LogP contribution is -1.95. The van der Waals surface area contributed by atoms with Gasteiger partial charge in [0, 0.05) is 18.0 Å². The van der Waals surface area contributed by atoms with Crippen LogP contribution in [0.3, 0.4) is 0 Å². The molecule has 2 rings (SSSR count). The number of hydrogen-bond donors (Lipinski definition) is 1. The summed E-state index contributed by atoms with van der Waals surface area (Å²) in [6.45, 7) is 2.00. The first kappa shape index (κ1) is 9.56. The van der Waals surface area contributed by atoms with E-state index in [0.717, 1.165) is 22.2 Å². The highest BCUT2D eigenvalue weighted by molar-refractivity contribution is 6.36. The second-order valence-electron chi connectivity index (χ2n) is 3.45. The standard InChI is InChI=1S/C11H12ClNO/c1-7-4-3-5-8-10(7)11(12)9(6-14)13(8)2/h3-5,14H,6H2,1-2H3. The third-order valence-corrected chi connectivity index (χ3v) is 3.05. The number of benzene rings is 1. The molecule has 74 valence electrons. The van der Waals surface area contributed by atoms with Crippen LogP contribution in [0.4, 0.5) is 0 Å². The summed E-state index contributed by atoms with van der Waals surface area (Å²) in [4.78, 5) is 0. The van der Waals surface area contributed by atoms with Gasteiger partial charge >= 0.3 is 0 Å². The summed E-state index contributed by atoms with van der Waals surface area (Å²) in [7, 11) is 1.92. The van der Waals surface area contributed by atoms with E-state index in [1.165, 1.54) is 0 Å². The van der Waals surface area contributed by atoms with Crippen molar-refractivity contribution in [1.29, 1.82) is 0 Å². The number of aliphatic hydroxyl groups is 1. The zero-order valence-corrected chi connectivity index (χ0v) is 8.97. The van der Waals surface area contributed by atoms with E-state index < -0.39 is 0 Å². The molecule has 0 unspecified atom stereocenters. The van der Waals surface area contributed by atoms with Gasteiger partial charge in [-0.3, -0.25) is 0 Å². The minimum Gasteiger partial charge on any atom is -0.390 e. The Hall–Kier alpha value is -0.990. The molecule has 0 spiro atoms. The molecule has 0 atom stereocenters. The number of aromatic nitrogens is 1. The molecule has 0 aliphatic carbocycles. The van der Waals surface area contributed by atoms with E-state index in [1.54, 1.807) is 0 Å². The molecule has 0 saturated heterocycles. The van der Waals surface area contributed by atoms with Gasteiger partial charge in [-0.05, 0) is 18.6 Å². The predicted molar refractivity (Wildman–Crippen MR) is 58.6 cm³/mol. The summed E-state index contributed by atoms with van der Waals surface area (Å²) in [5.41, 5.74) is 2.98. The van der Waals surface area contributed by atoms with Crippen molar-refractivity contribution in [2.45, 2.75) is 13.5 Å². The summed E-state index contributed by atoms with van der Waals surface area (Å²) < 4.78 is 1.94. The van der Waals surface area contributed by atoms with Crippen LogP contribution < -0.4 is 0 Å². The lowest BCUT2D eigenvalue weighted by atomic mass is 10.1. The van der Waals surface area contributed by atoms with E-state index in [1.807, 2.05) is 36.7 Å². The van der Waals surface area contributed by atoms with E-state index >= 15 is 0 Å². The van der Waals surface area contributed by atoms with Crippen LogP contribution in [-0.4, -0.2) is 9.67 Å². The Labute approximate surface area is 87.7 Å². The normalized spacial score (nSPS) is 11.1. The average Bonchev–Trinajstić information content (AvgIpc) is 2.41. The molecule has 2 nitrogen and oxygen atoms in total. The van der Waals surface area contributed by atoms with Crippen molar-refractivity contribution in [3.05, 3.63) is 34.5 Å². The molecule has 1 heterocycles. The highest BCUT2D eigenvalue weighted by atomic mass is 35.5. The minimum atomic E-state index is -0.0244. The third-order valence-electron chi connectivity index (χ3n) is 2.64. The van der Waals surface area contributed by atoms with Crippen molar-refractivity contribution in [1.82, 2.24) is 4.57 Å². The second kappa shape index (κ2) is 3.30. The number of aryl methyl sites for hydroxylation is 2. The van der Waals surface area contributed by atoms with Crippen LogP contribution in [0.5, 0.6) is 0 Å². The quantitative estimate of drug-likeness (QED) is 0.768. The van der Waals surface area contributed by atoms with Crippen molar-refractivity contribution in [2.24, 2.45) is 7.05 Å². The second-order valence-corrected chi connectivity index (χ2v) is 3.82. The number of aliphatic hydroxyl groups excluding tert-OH is 1. The van der Waals surface area contributed by atoms with Gasteiger partial charge < -0.3 is 9.67 Å². The number of rotatable bonds is 1. The van der Waals surface area contributed by atoms with Crippen LogP contribution in [0.25, 0.3) is 10.9 Å². The van der Waals surface area contributed by atoms with Gasteiger partial charge in [0.25, 0.3) is 0 Å². The number of halogens is 1. The Morgan fingerprint density at radius 1 is 1.43 bits per heavy atom. The van der Waals surface area contributed by atoms with Gasteiger partial charge in [0.15, 0.2) is 0 Å². The third kappa shape index (κ3) is 1.15. The monoisotopic (exact) mass is 209 g/mol. The largest absolute Gasteiger partial charge is 0.390 e. The molecule has 14 heavy (non-hydrogen) atoms. The van der Waals surface area contributed by atoms with Gasteiger partial charge in [-0.25, -0.2) is 0 Å². The lowest BCUT2D eigenvalue weighted by molar-refractivity contribution is 0.273. The van der Waals surface area contributed by atoms with Gasteiger partial charge in [0.05, 0.1) is 17.3 Å². The molecule has 0 bridgehead atoms. The molecule has 0 saturated carbocycles. The maximum absolute atomic E-state index is 9.19. The molecule has 0 fully saturated rings. The zero-order valence-electron chi connectivity index (χ0n) is 8.21. The van der Waals surface area contributed by atoms with Crippen LogP contribution in [0.2, 0.25) is 5.02 Å². The topological polar surface area (TPSA) is 25.2 Å². The Kier molecular flexibility index (Phi) is 2.25.